The van der Waals surface area contributed by atoms with Gasteiger partial charge in [0.05, 0.1) is 7.11 Å². The first kappa shape index (κ1) is 10.8. The van der Waals surface area contributed by atoms with Crippen molar-refractivity contribution in [3.8, 4) is 5.75 Å². The average Bonchev–Trinajstić information content (AvgIpc) is 2.17. The van der Waals surface area contributed by atoms with E-state index in [-0.39, 0.29) is 18.0 Å². The van der Waals surface area contributed by atoms with Gasteiger partial charge in [0, 0.05) is 12.2 Å². The summed E-state index contributed by atoms with van der Waals surface area (Å²) in [6, 6.07) is 1.50. The van der Waals surface area contributed by atoms with E-state index in [2.05, 4.69) is 4.98 Å². The van der Waals surface area contributed by atoms with Crippen molar-refractivity contribution in [1.82, 2.24) is 4.98 Å². The minimum atomic E-state index is -2.63. The summed E-state index contributed by atoms with van der Waals surface area (Å²) in [5.74, 6) is 0.0889. The van der Waals surface area contributed by atoms with Gasteiger partial charge in [0.2, 0.25) is 0 Å². The van der Waals surface area contributed by atoms with Gasteiger partial charge in [0.25, 0.3) is 6.43 Å². The maximum Gasteiger partial charge on any atom is 0.284 e. The van der Waals surface area contributed by atoms with Crippen molar-refractivity contribution in [2.75, 3.05) is 7.11 Å². The lowest BCUT2D eigenvalue weighted by Gasteiger charge is -2.10. The molecule has 0 aliphatic rings. The molecule has 5 heteroatoms. The van der Waals surface area contributed by atoms with Crippen LogP contribution < -0.4 is 10.5 Å². The molecule has 0 aliphatic heterocycles. The van der Waals surface area contributed by atoms with E-state index in [0.717, 1.165) is 0 Å². The SMILES string of the molecule is COc1cc(CN)c(C)nc1C(F)F. The molecule has 0 atom stereocenters. The first-order valence-corrected chi connectivity index (χ1v) is 4.12. The summed E-state index contributed by atoms with van der Waals surface area (Å²) >= 11 is 0. The first-order valence-electron chi connectivity index (χ1n) is 4.12. The molecule has 0 bridgehead atoms. The Labute approximate surface area is 80.9 Å². The second-order valence-corrected chi connectivity index (χ2v) is 2.83. The Morgan fingerprint density at radius 3 is 2.64 bits per heavy atom. The zero-order chi connectivity index (χ0) is 10.7. The fourth-order valence-electron chi connectivity index (χ4n) is 1.17. The van der Waals surface area contributed by atoms with E-state index < -0.39 is 6.43 Å². The lowest BCUT2D eigenvalue weighted by atomic mass is 10.1. The lowest BCUT2D eigenvalue weighted by Crippen LogP contribution is -2.05. The number of nitrogens with two attached hydrogens (primary N) is 1. The van der Waals surface area contributed by atoms with E-state index in [1.807, 2.05) is 0 Å². The summed E-state index contributed by atoms with van der Waals surface area (Å²) in [5.41, 5.74) is 6.32. The Balaban J connectivity index is 3.24. The minimum Gasteiger partial charge on any atom is -0.495 e. The van der Waals surface area contributed by atoms with Gasteiger partial charge in [0.1, 0.15) is 11.4 Å². The molecule has 0 aromatic carbocycles. The number of aryl methyl sites for hydroxylation is 1. The summed E-state index contributed by atoms with van der Waals surface area (Å²) in [6.45, 7) is 1.91. The highest BCUT2D eigenvalue weighted by molar-refractivity contribution is 5.35. The maximum absolute atomic E-state index is 12.5. The van der Waals surface area contributed by atoms with Crippen LogP contribution in [0.5, 0.6) is 5.75 Å². The van der Waals surface area contributed by atoms with Crippen LogP contribution in [0.3, 0.4) is 0 Å². The fraction of sp³-hybridized carbons (Fsp3) is 0.444. The van der Waals surface area contributed by atoms with Gasteiger partial charge < -0.3 is 10.5 Å². The van der Waals surface area contributed by atoms with E-state index in [0.29, 0.717) is 11.3 Å². The quantitative estimate of drug-likeness (QED) is 0.812. The maximum atomic E-state index is 12.5. The smallest absolute Gasteiger partial charge is 0.284 e. The summed E-state index contributed by atoms with van der Waals surface area (Å²) in [7, 11) is 1.33. The van der Waals surface area contributed by atoms with Crippen molar-refractivity contribution in [2.24, 2.45) is 5.73 Å². The van der Waals surface area contributed by atoms with Crippen LogP contribution in [0.4, 0.5) is 8.78 Å². The number of nitrogens with zero attached hydrogens (tertiary/aromatic N) is 1. The van der Waals surface area contributed by atoms with Crippen LogP contribution in [-0.4, -0.2) is 12.1 Å². The predicted molar refractivity (Wildman–Crippen MR) is 48.4 cm³/mol. The van der Waals surface area contributed by atoms with Crippen LogP contribution >= 0.6 is 0 Å². The third-order valence-corrected chi connectivity index (χ3v) is 1.96. The molecule has 1 heterocycles. The average molecular weight is 202 g/mol. The zero-order valence-electron chi connectivity index (χ0n) is 8.05. The molecule has 0 unspecified atom stereocenters. The van der Waals surface area contributed by atoms with Crippen molar-refractivity contribution in [1.29, 1.82) is 0 Å². The highest BCUT2D eigenvalue weighted by Crippen LogP contribution is 2.28. The number of aromatic nitrogens is 1. The number of rotatable bonds is 3. The molecule has 0 radical (unpaired) electrons. The standard InChI is InChI=1S/C9H12F2N2O/c1-5-6(4-12)3-7(14-2)8(13-5)9(10)11/h3,9H,4,12H2,1-2H3. The van der Waals surface area contributed by atoms with Crippen molar-refractivity contribution in [3.63, 3.8) is 0 Å². The van der Waals surface area contributed by atoms with Crippen LogP contribution in [0.1, 0.15) is 23.4 Å². The molecule has 3 nitrogen and oxygen atoms in total. The Morgan fingerprint density at radius 2 is 2.21 bits per heavy atom. The Bertz CT molecular complexity index is 329. The first-order chi connectivity index (χ1) is 6.60. The van der Waals surface area contributed by atoms with E-state index in [1.54, 1.807) is 6.92 Å². The van der Waals surface area contributed by atoms with Crippen molar-refractivity contribution in [3.05, 3.63) is 23.0 Å². The van der Waals surface area contributed by atoms with Crippen molar-refractivity contribution in [2.45, 2.75) is 19.9 Å². The second kappa shape index (κ2) is 4.32. The molecule has 78 valence electrons. The summed E-state index contributed by atoms with van der Waals surface area (Å²) in [6.07, 6.45) is -2.63. The van der Waals surface area contributed by atoms with Gasteiger partial charge in [-0.15, -0.1) is 0 Å². The van der Waals surface area contributed by atoms with E-state index in [4.69, 9.17) is 10.5 Å². The molecule has 0 amide bonds. The van der Waals surface area contributed by atoms with Crippen LogP contribution in [0.15, 0.2) is 6.07 Å². The molecule has 2 N–H and O–H groups in total. The van der Waals surface area contributed by atoms with Gasteiger partial charge in [0.15, 0.2) is 0 Å². The van der Waals surface area contributed by atoms with Crippen molar-refractivity contribution < 1.29 is 13.5 Å². The monoisotopic (exact) mass is 202 g/mol. The lowest BCUT2D eigenvalue weighted by molar-refractivity contribution is 0.141. The number of methoxy groups -OCH3 is 1. The van der Waals surface area contributed by atoms with E-state index in [1.165, 1.54) is 13.2 Å². The van der Waals surface area contributed by atoms with Gasteiger partial charge in [-0.1, -0.05) is 0 Å². The number of ether oxygens (including phenoxy) is 1. The topological polar surface area (TPSA) is 48.1 Å². The number of hydrogen-bond donors (Lipinski definition) is 1. The highest BCUT2D eigenvalue weighted by atomic mass is 19.3. The number of hydrogen-bond acceptors (Lipinski definition) is 3. The molecule has 0 fully saturated rings. The second-order valence-electron chi connectivity index (χ2n) is 2.83. The molecular weight excluding hydrogens is 190 g/mol. The molecule has 14 heavy (non-hydrogen) atoms. The third-order valence-electron chi connectivity index (χ3n) is 1.96. The molecule has 1 rings (SSSR count). The normalized spacial score (nSPS) is 10.7. The van der Waals surface area contributed by atoms with Crippen LogP contribution in [0.2, 0.25) is 0 Å². The third kappa shape index (κ3) is 1.98. The minimum absolute atomic E-state index is 0.0889. The summed E-state index contributed by atoms with van der Waals surface area (Å²) in [5, 5.41) is 0. The summed E-state index contributed by atoms with van der Waals surface area (Å²) in [4.78, 5) is 3.76. The van der Waals surface area contributed by atoms with Crippen LogP contribution in [-0.2, 0) is 6.54 Å². The molecule has 0 spiro atoms. The Hall–Kier alpha value is -1.23. The molecular formula is C9H12F2N2O. The highest BCUT2D eigenvalue weighted by Gasteiger charge is 2.17. The largest absolute Gasteiger partial charge is 0.495 e. The molecule has 0 saturated heterocycles. The molecule has 0 saturated carbocycles. The van der Waals surface area contributed by atoms with Gasteiger partial charge in [-0.25, -0.2) is 13.8 Å². The van der Waals surface area contributed by atoms with Gasteiger partial charge in [-0.2, -0.15) is 0 Å². The number of alkyl halides is 2. The Kier molecular flexibility index (Phi) is 3.35. The van der Waals surface area contributed by atoms with Crippen molar-refractivity contribution >= 4 is 0 Å². The number of halogens is 2. The predicted octanol–water partition coefficient (Wildman–Crippen LogP) is 1.79. The van der Waals surface area contributed by atoms with Gasteiger partial charge in [-0.05, 0) is 18.6 Å². The Morgan fingerprint density at radius 1 is 1.57 bits per heavy atom. The molecule has 0 aliphatic carbocycles. The van der Waals surface area contributed by atoms with Gasteiger partial charge >= 0.3 is 0 Å². The number of pyridine rings is 1. The molecule has 1 aromatic rings. The molecule has 1 aromatic heterocycles. The fourth-order valence-corrected chi connectivity index (χ4v) is 1.17. The van der Waals surface area contributed by atoms with E-state index >= 15 is 0 Å². The van der Waals surface area contributed by atoms with Crippen LogP contribution in [0, 0.1) is 6.92 Å². The zero-order valence-corrected chi connectivity index (χ0v) is 8.05. The van der Waals surface area contributed by atoms with Gasteiger partial charge in [-0.3, -0.25) is 0 Å². The summed E-state index contributed by atoms with van der Waals surface area (Å²) < 4.78 is 29.7. The van der Waals surface area contributed by atoms with E-state index in [9.17, 15) is 8.78 Å². The van der Waals surface area contributed by atoms with Crippen LogP contribution in [0.25, 0.3) is 0 Å².